The molecule has 0 fully saturated rings. The lowest BCUT2D eigenvalue weighted by Crippen LogP contribution is -2.46. The van der Waals surface area contributed by atoms with E-state index in [-0.39, 0.29) is 25.0 Å². The average molecular weight is 280 g/mol. The number of carbonyl (C=O) groups is 2. The van der Waals surface area contributed by atoms with Gasteiger partial charge in [0.1, 0.15) is 0 Å². The van der Waals surface area contributed by atoms with Crippen molar-refractivity contribution < 1.29 is 22.7 Å². The summed E-state index contributed by atoms with van der Waals surface area (Å²) in [4.78, 5) is 21.6. The monoisotopic (exact) mass is 280 g/mol. The summed E-state index contributed by atoms with van der Waals surface area (Å²) in [6, 6.07) is 0. The van der Waals surface area contributed by atoms with Crippen LogP contribution in [-0.4, -0.2) is 38.7 Å². The Balaban J connectivity index is 4.30. The zero-order chi connectivity index (χ0) is 14.4. The Labute approximate surface area is 107 Å². The molecule has 8 heteroatoms. The van der Waals surface area contributed by atoms with Crippen molar-refractivity contribution >= 4 is 21.9 Å². The molecule has 106 valence electrons. The fourth-order valence-corrected chi connectivity index (χ4v) is 2.99. The highest BCUT2D eigenvalue weighted by atomic mass is 32.2. The molecule has 0 radical (unpaired) electrons. The van der Waals surface area contributed by atoms with Crippen LogP contribution in [0.25, 0.3) is 0 Å². The van der Waals surface area contributed by atoms with Gasteiger partial charge in [0.25, 0.3) is 0 Å². The molecule has 0 saturated carbocycles. The highest BCUT2D eigenvalue weighted by molar-refractivity contribution is 7.89. The third-order valence-corrected chi connectivity index (χ3v) is 3.76. The van der Waals surface area contributed by atoms with Gasteiger partial charge in [-0.2, -0.15) is 0 Å². The smallest absolute Gasteiger partial charge is 0.305 e. The van der Waals surface area contributed by atoms with Gasteiger partial charge in [-0.3, -0.25) is 9.59 Å². The molecule has 7 nitrogen and oxygen atoms in total. The summed E-state index contributed by atoms with van der Waals surface area (Å²) in [5.41, 5.74) is 4.09. The molecule has 0 aliphatic heterocycles. The lowest BCUT2D eigenvalue weighted by atomic mass is 10.0. The van der Waals surface area contributed by atoms with Crippen molar-refractivity contribution in [3.8, 4) is 0 Å². The lowest BCUT2D eigenvalue weighted by molar-refractivity contribution is -0.140. The average Bonchev–Trinajstić information content (AvgIpc) is 2.12. The number of ether oxygens (including phenoxy) is 1. The Morgan fingerprint density at radius 3 is 2.33 bits per heavy atom. The lowest BCUT2D eigenvalue weighted by Gasteiger charge is -2.24. The SMILES string of the molecule is COC(=O)CCCS(=O)(=O)NC(C)(C)CC(N)=O. The van der Waals surface area contributed by atoms with Gasteiger partial charge in [-0.25, -0.2) is 13.1 Å². The fourth-order valence-electron chi connectivity index (χ4n) is 1.45. The Hall–Kier alpha value is -1.15. The molecule has 0 aromatic rings. The normalized spacial score (nSPS) is 12.2. The predicted octanol–water partition coefficient (Wildman–Crippen LogP) is -0.487. The van der Waals surface area contributed by atoms with Crippen molar-refractivity contribution in [1.29, 1.82) is 0 Å². The molecular formula is C10H20N2O5S. The second-order valence-corrected chi connectivity index (χ2v) is 6.47. The van der Waals surface area contributed by atoms with E-state index < -0.39 is 27.4 Å². The van der Waals surface area contributed by atoms with Gasteiger partial charge in [0, 0.05) is 18.4 Å². The van der Waals surface area contributed by atoms with E-state index in [1.165, 1.54) is 7.11 Å². The van der Waals surface area contributed by atoms with Crippen LogP contribution in [0.15, 0.2) is 0 Å². The summed E-state index contributed by atoms with van der Waals surface area (Å²) in [5, 5.41) is 0. The molecule has 1 amide bonds. The first-order valence-electron chi connectivity index (χ1n) is 5.45. The van der Waals surface area contributed by atoms with Crippen LogP contribution in [-0.2, 0) is 24.3 Å². The quantitative estimate of drug-likeness (QED) is 0.582. The number of esters is 1. The van der Waals surface area contributed by atoms with E-state index in [4.69, 9.17) is 5.73 Å². The summed E-state index contributed by atoms with van der Waals surface area (Å²) < 4.78 is 30.1. The van der Waals surface area contributed by atoms with E-state index in [1.54, 1.807) is 13.8 Å². The molecule has 0 rings (SSSR count). The van der Waals surface area contributed by atoms with Crippen LogP contribution in [0.5, 0.6) is 0 Å². The van der Waals surface area contributed by atoms with Gasteiger partial charge < -0.3 is 10.5 Å². The van der Waals surface area contributed by atoms with Crippen LogP contribution in [0.3, 0.4) is 0 Å². The van der Waals surface area contributed by atoms with E-state index in [0.29, 0.717) is 0 Å². The van der Waals surface area contributed by atoms with E-state index in [0.717, 1.165) is 0 Å². The van der Waals surface area contributed by atoms with E-state index in [2.05, 4.69) is 9.46 Å². The van der Waals surface area contributed by atoms with Crippen molar-refractivity contribution in [3.63, 3.8) is 0 Å². The van der Waals surface area contributed by atoms with Gasteiger partial charge in [-0.05, 0) is 20.3 Å². The molecule has 0 atom stereocenters. The van der Waals surface area contributed by atoms with Crippen molar-refractivity contribution in [2.24, 2.45) is 5.73 Å². The molecule has 0 bridgehead atoms. The molecule has 0 heterocycles. The van der Waals surface area contributed by atoms with Crippen LogP contribution < -0.4 is 10.5 Å². The van der Waals surface area contributed by atoms with Gasteiger partial charge in [-0.1, -0.05) is 0 Å². The molecule has 0 saturated heterocycles. The zero-order valence-electron chi connectivity index (χ0n) is 10.9. The summed E-state index contributed by atoms with van der Waals surface area (Å²) in [7, 11) is -2.31. The molecule has 0 aliphatic carbocycles. The van der Waals surface area contributed by atoms with Gasteiger partial charge in [-0.15, -0.1) is 0 Å². The van der Waals surface area contributed by atoms with Crippen LogP contribution in [0.1, 0.15) is 33.1 Å². The van der Waals surface area contributed by atoms with Gasteiger partial charge in [0.05, 0.1) is 12.9 Å². The third kappa shape index (κ3) is 8.02. The number of carbonyl (C=O) groups excluding carboxylic acids is 2. The van der Waals surface area contributed by atoms with Crippen molar-refractivity contribution in [1.82, 2.24) is 4.72 Å². The summed E-state index contributed by atoms with van der Waals surface area (Å²) in [5.74, 6) is -1.25. The second kappa shape index (κ2) is 6.69. The number of hydrogen-bond donors (Lipinski definition) is 2. The molecule has 0 spiro atoms. The molecule has 0 aromatic carbocycles. The van der Waals surface area contributed by atoms with Gasteiger partial charge in [0.2, 0.25) is 15.9 Å². The maximum Gasteiger partial charge on any atom is 0.305 e. The number of amides is 1. The number of hydrogen-bond acceptors (Lipinski definition) is 5. The second-order valence-electron chi connectivity index (χ2n) is 4.63. The number of sulfonamides is 1. The first-order valence-corrected chi connectivity index (χ1v) is 7.10. The fraction of sp³-hybridized carbons (Fsp3) is 0.800. The molecule has 0 aromatic heterocycles. The minimum atomic E-state index is -3.55. The molecular weight excluding hydrogens is 260 g/mol. The van der Waals surface area contributed by atoms with Crippen LogP contribution in [0, 0.1) is 0 Å². The summed E-state index contributed by atoms with van der Waals surface area (Å²) >= 11 is 0. The zero-order valence-corrected chi connectivity index (χ0v) is 11.7. The summed E-state index contributed by atoms with van der Waals surface area (Å²) in [6.07, 6.45) is 0.103. The maximum atomic E-state index is 11.7. The Morgan fingerprint density at radius 2 is 1.89 bits per heavy atom. The van der Waals surface area contributed by atoms with E-state index in [9.17, 15) is 18.0 Å². The van der Waals surface area contributed by atoms with Crippen molar-refractivity contribution in [3.05, 3.63) is 0 Å². The van der Waals surface area contributed by atoms with Crippen molar-refractivity contribution in [2.75, 3.05) is 12.9 Å². The minimum absolute atomic E-state index is 0.0354. The third-order valence-electron chi connectivity index (χ3n) is 2.07. The largest absolute Gasteiger partial charge is 0.469 e. The molecule has 18 heavy (non-hydrogen) atoms. The Kier molecular flexibility index (Phi) is 6.27. The van der Waals surface area contributed by atoms with Crippen molar-refractivity contribution in [2.45, 2.75) is 38.6 Å². The molecule has 0 unspecified atom stereocenters. The molecule has 0 aliphatic rings. The number of nitrogens with two attached hydrogens (primary N) is 1. The first kappa shape index (κ1) is 16.9. The highest BCUT2D eigenvalue weighted by Crippen LogP contribution is 2.10. The van der Waals surface area contributed by atoms with E-state index >= 15 is 0 Å². The predicted molar refractivity (Wildman–Crippen MR) is 66.1 cm³/mol. The van der Waals surface area contributed by atoms with Gasteiger partial charge in [0.15, 0.2) is 0 Å². The Morgan fingerprint density at radius 1 is 1.33 bits per heavy atom. The number of methoxy groups -OCH3 is 1. The minimum Gasteiger partial charge on any atom is -0.469 e. The first-order chi connectivity index (χ1) is 8.08. The number of rotatable bonds is 8. The topological polar surface area (TPSA) is 116 Å². The van der Waals surface area contributed by atoms with Crippen LogP contribution in [0.4, 0.5) is 0 Å². The van der Waals surface area contributed by atoms with Crippen LogP contribution >= 0.6 is 0 Å². The number of nitrogens with one attached hydrogen (secondary N) is 1. The summed E-state index contributed by atoms with van der Waals surface area (Å²) in [6.45, 7) is 3.13. The Bertz CT molecular complexity index is 402. The molecule has 3 N–H and O–H groups in total. The number of primary amides is 1. The maximum absolute atomic E-state index is 11.7. The van der Waals surface area contributed by atoms with E-state index in [1.807, 2.05) is 0 Å². The van der Waals surface area contributed by atoms with Crippen LogP contribution in [0.2, 0.25) is 0 Å². The van der Waals surface area contributed by atoms with Gasteiger partial charge >= 0.3 is 5.97 Å². The standard InChI is InChI=1S/C10H20N2O5S/c1-10(2,7-8(11)13)12-18(15,16)6-4-5-9(14)17-3/h12H,4-7H2,1-3H3,(H2,11,13). The highest BCUT2D eigenvalue weighted by Gasteiger charge is 2.26.